The second-order valence-electron chi connectivity index (χ2n) is 12.3. The molecule has 2 saturated heterocycles. The van der Waals surface area contributed by atoms with Crippen molar-refractivity contribution in [3.8, 4) is 17.0 Å². The Bertz CT molecular complexity index is 1790. The SMILES string of the molecule is C[C@H]1CNc2cc(OC(F)F)c(-c3nn(CC(=O)N4CCC(CN5CCOCC5)CC4)cc3NC(=O)c3cnn4cccnc34)cc2S1. The fraction of sp³-hybridized carbons (Fsp3) is 0.469. The number of halogens is 2. The first kappa shape index (κ1) is 32.3. The molecule has 13 nitrogen and oxygen atoms in total. The number of thioether (sulfide) groups is 1. The number of anilines is 2. The number of rotatable bonds is 9. The number of carbonyl (C=O) groups is 2. The van der Waals surface area contributed by atoms with Gasteiger partial charge in [-0.05, 0) is 30.9 Å². The van der Waals surface area contributed by atoms with E-state index in [1.807, 2.05) is 4.90 Å². The molecule has 0 bridgehead atoms. The molecule has 16 heteroatoms. The molecule has 0 spiro atoms. The molecule has 0 unspecified atom stereocenters. The lowest BCUT2D eigenvalue weighted by molar-refractivity contribution is -0.133. The second kappa shape index (κ2) is 14.1. The van der Waals surface area contributed by atoms with Crippen molar-refractivity contribution in [2.24, 2.45) is 5.92 Å². The van der Waals surface area contributed by atoms with Crippen LogP contribution in [0.4, 0.5) is 20.2 Å². The number of ether oxygens (including phenoxy) is 2. The largest absolute Gasteiger partial charge is 0.434 e. The molecular formula is C32H37F2N9O4S. The average molecular weight is 682 g/mol. The van der Waals surface area contributed by atoms with Gasteiger partial charge in [-0.3, -0.25) is 19.2 Å². The van der Waals surface area contributed by atoms with E-state index < -0.39 is 12.5 Å². The molecule has 0 saturated carbocycles. The van der Waals surface area contributed by atoms with Gasteiger partial charge in [-0.1, -0.05) is 6.92 Å². The maximum Gasteiger partial charge on any atom is 0.387 e. The number of morpholine rings is 1. The smallest absolute Gasteiger partial charge is 0.387 e. The third-order valence-electron chi connectivity index (χ3n) is 8.88. The van der Waals surface area contributed by atoms with Crippen LogP contribution >= 0.6 is 11.8 Å². The summed E-state index contributed by atoms with van der Waals surface area (Å²) in [6, 6.07) is 4.96. The molecule has 3 aliphatic rings. The van der Waals surface area contributed by atoms with Crippen LogP contribution in [0.1, 0.15) is 30.1 Å². The number of hydrogen-bond donors (Lipinski definition) is 2. The van der Waals surface area contributed by atoms with Crippen LogP contribution in [-0.4, -0.2) is 110 Å². The lowest BCUT2D eigenvalue weighted by atomic mass is 9.96. The first-order valence-electron chi connectivity index (χ1n) is 16.1. The van der Waals surface area contributed by atoms with Crippen LogP contribution in [-0.2, 0) is 16.1 Å². The predicted octanol–water partition coefficient (Wildman–Crippen LogP) is 3.92. The van der Waals surface area contributed by atoms with E-state index in [1.165, 1.54) is 21.5 Å². The Kier molecular flexibility index (Phi) is 9.45. The zero-order valence-electron chi connectivity index (χ0n) is 26.5. The van der Waals surface area contributed by atoms with E-state index in [1.54, 1.807) is 42.5 Å². The van der Waals surface area contributed by atoms with Gasteiger partial charge in [-0.15, -0.1) is 11.8 Å². The number of benzene rings is 1. The molecule has 6 heterocycles. The van der Waals surface area contributed by atoms with Gasteiger partial charge in [0.05, 0.1) is 30.8 Å². The van der Waals surface area contributed by atoms with E-state index in [-0.39, 0.29) is 46.0 Å². The van der Waals surface area contributed by atoms with E-state index in [9.17, 15) is 18.4 Å². The summed E-state index contributed by atoms with van der Waals surface area (Å²) in [6.07, 6.45) is 8.01. The predicted molar refractivity (Wildman–Crippen MR) is 176 cm³/mol. The Morgan fingerprint density at radius 3 is 2.79 bits per heavy atom. The molecule has 2 N–H and O–H groups in total. The molecule has 48 heavy (non-hydrogen) atoms. The van der Waals surface area contributed by atoms with Crippen molar-refractivity contribution < 1.29 is 27.8 Å². The fourth-order valence-corrected chi connectivity index (χ4v) is 7.45. The van der Waals surface area contributed by atoms with Gasteiger partial charge in [0.25, 0.3) is 5.91 Å². The summed E-state index contributed by atoms with van der Waals surface area (Å²) in [5.41, 5.74) is 1.93. The maximum atomic E-state index is 13.7. The first-order valence-corrected chi connectivity index (χ1v) is 17.0. The third kappa shape index (κ3) is 7.10. The minimum atomic E-state index is -3.09. The molecule has 7 rings (SSSR count). The molecule has 1 aromatic carbocycles. The van der Waals surface area contributed by atoms with E-state index in [0.717, 1.165) is 50.6 Å². The summed E-state index contributed by atoms with van der Waals surface area (Å²) >= 11 is 1.60. The van der Waals surface area contributed by atoms with Crippen molar-refractivity contribution in [1.29, 1.82) is 0 Å². The highest BCUT2D eigenvalue weighted by molar-refractivity contribution is 8.00. The van der Waals surface area contributed by atoms with Gasteiger partial charge >= 0.3 is 6.61 Å². The van der Waals surface area contributed by atoms with Gasteiger partial charge < -0.3 is 25.0 Å². The number of fused-ring (bicyclic) bond motifs is 2. The number of carbonyl (C=O) groups excluding carboxylic acids is 2. The van der Waals surface area contributed by atoms with Gasteiger partial charge in [-0.25, -0.2) is 9.50 Å². The van der Waals surface area contributed by atoms with Crippen LogP contribution < -0.4 is 15.4 Å². The Hall–Kier alpha value is -4.28. The van der Waals surface area contributed by atoms with Gasteiger partial charge in [0.1, 0.15) is 23.6 Å². The molecule has 254 valence electrons. The molecule has 0 radical (unpaired) electrons. The normalized spacial score (nSPS) is 18.9. The molecule has 2 fully saturated rings. The van der Waals surface area contributed by atoms with Crippen molar-refractivity contribution >= 4 is 40.6 Å². The highest BCUT2D eigenvalue weighted by Crippen LogP contribution is 2.44. The van der Waals surface area contributed by atoms with Crippen molar-refractivity contribution in [1.82, 2.24) is 34.2 Å². The van der Waals surface area contributed by atoms with Crippen LogP contribution in [0, 0.1) is 5.92 Å². The monoisotopic (exact) mass is 681 g/mol. The maximum absolute atomic E-state index is 13.7. The van der Waals surface area contributed by atoms with Crippen molar-refractivity contribution in [2.45, 2.75) is 43.1 Å². The minimum Gasteiger partial charge on any atom is -0.434 e. The van der Waals surface area contributed by atoms with Gasteiger partial charge in [0, 0.05) is 79.6 Å². The summed E-state index contributed by atoms with van der Waals surface area (Å²) in [5, 5.41) is 15.3. The van der Waals surface area contributed by atoms with Crippen LogP contribution in [0.3, 0.4) is 0 Å². The number of likely N-dealkylation sites (tertiary alicyclic amines) is 1. The first-order chi connectivity index (χ1) is 23.3. The lowest BCUT2D eigenvalue weighted by Crippen LogP contribution is -2.45. The number of nitrogens with zero attached hydrogens (tertiary/aromatic N) is 7. The Labute approximate surface area is 279 Å². The van der Waals surface area contributed by atoms with Crippen molar-refractivity contribution in [3.05, 3.63) is 48.5 Å². The minimum absolute atomic E-state index is 0.0847. The van der Waals surface area contributed by atoms with E-state index in [2.05, 4.69) is 37.6 Å². The molecule has 3 aliphatic heterocycles. The summed E-state index contributed by atoms with van der Waals surface area (Å²) in [4.78, 5) is 36.5. The van der Waals surface area contributed by atoms with Gasteiger partial charge in [0.2, 0.25) is 5.91 Å². The fourth-order valence-electron chi connectivity index (χ4n) is 6.41. The van der Waals surface area contributed by atoms with Crippen molar-refractivity contribution in [2.75, 3.05) is 63.1 Å². The molecular weight excluding hydrogens is 644 g/mol. The summed E-state index contributed by atoms with van der Waals surface area (Å²) in [7, 11) is 0. The zero-order valence-corrected chi connectivity index (χ0v) is 27.3. The third-order valence-corrected chi connectivity index (χ3v) is 10.0. The topological polar surface area (TPSA) is 131 Å². The molecule has 4 aromatic rings. The Morgan fingerprint density at radius 1 is 1.19 bits per heavy atom. The van der Waals surface area contributed by atoms with Crippen LogP contribution in [0.15, 0.2) is 47.9 Å². The molecule has 0 aliphatic carbocycles. The zero-order chi connectivity index (χ0) is 33.2. The van der Waals surface area contributed by atoms with E-state index in [0.29, 0.717) is 36.9 Å². The number of aromatic nitrogens is 5. The highest BCUT2D eigenvalue weighted by Gasteiger charge is 2.28. The average Bonchev–Trinajstić information content (AvgIpc) is 3.69. The van der Waals surface area contributed by atoms with Crippen LogP contribution in [0.2, 0.25) is 0 Å². The summed E-state index contributed by atoms with van der Waals surface area (Å²) in [5.74, 6) is -0.204. The highest BCUT2D eigenvalue weighted by atomic mass is 32.2. The quantitative estimate of drug-likeness (QED) is 0.268. The number of amides is 2. The van der Waals surface area contributed by atoms with Gasteiger partial charge in [-0.2, -0.15) is 19.0 Å². The Balaban J connectivity index is 1.16. The molecule has 3 aromatic heterocycles. The summed E-state index contributed by atoms with van der Waals surface area (Å²) in [6.45, 7) is 5.26. The number of piperidine rings is 1. The van der Waals surface area contributed by atoms with E-state index in [4.69, 9.17) is 9.47 Å². The Morgan fingerprint density at radius 2 is 2.00 bits per heavy atom. The van der Waals surface area contributed by atoms with Crippen LogP contribution in [0.5, 0.6) is 5.75 Å². The van der Waals surface area contributed by atoms with Gasteiger partial charge in [0.15, 0.2) is 5.65 Å². The van der Waals surface area contributed by atoms with Crippen LogP contribution in [0.25, 0.3) is 16.9 Å². The lowest BCUT2D eigenvalue weighted by Gasteiger charge is -2.36. The van der Waals surface area contributed by atoms with E-state index >= 15 is 0 Å². The number of alkyl halides is 2. The van der Waals surface area contributed by atoms with Crippen molar-refractivity contribution in [3.63, 3.8) is 0 Å². The second-order valence-corrected chi connectivity index (χ2v) is 13.7. The molecule has 1 atom stereocenters. The summed E-state index contributed by atoms with van der Waals surface area (Å²) < 4.78 is 40.7. The molecule has 2 amide bonds. The standard InChI is InChI=1S/C32H37F2N9O4S/c1-20-15-36-24-14-26(47-32(33)34)22(13-27(24)48-20)29-25(38-31(45)23-16-37-43-6-2-5-35-30(23)43)18-42(39-29)19-28(44)41-7-3-21(4-8-41)17-40-9-11-46-12-10-40/h2,5-6,13-14,16,18,20-21,32,36H,3-4,7-12,15,17,19H2,1H3,(H,38,45)/t20-/m0/s1. The number of hydrogen-bond acceptors (Lipinski definition) is 10. The number of nitrogens with one attached hydrogen (secondary N) is 2.